The third-order valence-corrected chi connectivity index (χ3v) is 3.14. The summed E-state index contributed by atoms with van der Waals surface area (Å²) in [5.41, 5.74) is 5.74. The first-order valence-electron chi connectivity index (χ1n) is 5.47. The van der Waals surface area contributed by atoms with Crippen molar-refractivity contribution in [2.75, 3.05) is 26.8 Å². The van der Waals surface area contributed by atoms with Crippen LogP contribution in [0, 0.1) is 0 Å². The zero-order valence-electron chi connectivity index (χ0n) is 10.1. The van der Waals surface area contributed by atoms with Crippen LogP contribution >= 0.6 is 11.3 Å². The molecule has 1 rings (SSSR count). The second-order valence-corrected chi connectivity index (χ2v) is 4.53. The van der Waals surface area contributed by atoms with Crippen LogP contribution in [0.25, 0.3) is 0 Å². The quantitative estimate of drug-likeness (QED) is 0.590. The lowest BCUT2D eigenvalue weighted by molar-refractivity contribution is -0.126. The summed E-state index contributed by atoms with van der Waals surface area (Å²) in [7, 11) is 1.55. The number of rotatable bonds is 7. The average molecular weight is 271 g/mol. The predicted octanol–water partition coefficient (Wildman–Crippen LogP) is -0.373. The van der Waals surface area contributed by atoms with Crippen molar-refractivity contribution in [3.8, 4) is 0 Å². The first-order valence-corrected chi connectivity index (χ1v) is 6.35. The van der Waals surface area contributed by atoms with Crippen LogP contribution in [0.3, 0.4) is 0 Å². The van der Waals surface area contributed by atoms with E-state index in [2.05, 4.69) is 10.6 Å². The second kappa shape index (κ2) is 7.80. The van der Waals surface area contributed by atoms with E-state index in [0.29, 0.717) is 13.2 Å². The summed E-state index contributed by atoms with van der Waals surface area (Å²) >= 11 is 1.41. The number of methoxy groups -OCH3 is 1. The van der Waals surface area contributed by atoms with E-state index < -0.39 is 6.04 Å². The zero-order chi connectivity index (χ0) is 13.4. The van der Waals surface area contributed by atoms with Crippen LogP contribution in [0.5, 0.6) is 0 Å². The molecule has 0 saturated carbocycles. The molecule has 0 bridgehead atoms. The van der Waals surface area contributed by atoms with E-state index in [0.717, 1.165) is 4.88 Å². The van der Waals surface area contributed by atoms with Gasteiger partial charge in [-0.15, -0.1) is 11.3 Å². The SMILES string of the molecule is COCCNC(=O)CNC(=O)C(N)c1cccs1. The summed E-state index contributed by atoms with van der Waals surface area (Å²) in [5, 5.41) is 6.93. The maximum Gasteiger partial charge on any atom is 0.242 e. The summed E-state index contributed by atoms with van der Waals surface area (Å²) in [4.78, 5) is 23.7. The van der Waals surface area contributed by atoms with Gasteiger partial charge in [0.15, 0.2) is 0 Å². The van der Waals surface area contributed by atoms with Gasteiger partial charge < -0.3 is 21.1 Å². The van der Waals surface area contributed by atoms with E-state index in [4.69, 9.17) is 10.5 Å². The monoisotopic (exact) mass is 271 g/mol. The third kappa shape index (κ3) is 4.82. The molecular formula is C11H17N3O3S. The molecule has 2 amide bonds. The summed E-state index contributed by atoms with van der Waals surface area (Å²) in [6, 6.07) is 2.88. The van der Waals surface area contributed by atoms with Crippen molar-refractivity contribution in [1.82, 2.24) is 10.6 Å². The van der Waals surface area contributed by atoms with Gasteiger partial charge in [-0.1, -0.05) is 6.07 Å². The van der Waals surface area contributed by atoms with Crippen LogP contribution in [-0.2, 0) is 14.3 Å². The van der Waals surface area contributed by atoms with E-state index in [1.807, 2.05) is 11.4 Å². The molecule has 1 atom stereocenters. The zero-order valence-corrected chi connectivity index (χ0v) is 11.0. The predicted molar refractivity (Wildman–Crippen MR) is 69.1 cm³/mol. The molecule has 6 nitrogen and oxygen atoms in total. The van der Waals surface area contributed by atoms with Crippen LogP contribution < -0.4 is 16.4 Å². The van der Waals surface area contributed by atoms with Crippen LogP contribution in [0.2, 0.25) is 0 Å². The van der Waals surface area contributed by atoms with Crippen molar-refractivity contribution in [2.24, 2.45) is 5.73 Å². The molecule has 0 saturated heterocycles. The van der Waals surface area contributed by atoms with Gasteiger partial charge in [0.25, 0.3) is 0 Å². The molecule has 1 aromatic heterocycles. The van der Waals surface area contributed by atoms with Gasteiger partial charge in [-0.25, -0.2) is 0 Å². The van der Waals surface area contributed by atoms with Crippen molar-refractivity contribution >= 4 is 23.2 Å². The number of thiophene rings is 1. The van der Waals surface area contributed by atoms with Gasteiger partial charge in [-0.2, -0.15) is 0 Å². The molecular weight excluding hydrogens is 254 g/mol. The Morgan fingerprint density at radius 1 is 1.50 bits per heavy atom. The number of amides is 2. The molecule has 0 aliphatic heterocycles. The standard InChI is InChI=1S/C11H17N3O3S/c1-17-5-4-13-9(15)7-14-11(16)10(12)8-3-2-6-18-8/h2-3,6,10H,4-5,7,12H2,1H3,(H,13,15)(H,14,16). The minimum absolute atomic E-state index is 0.0817. The molecule has 1 unspecified atom stereocenters. The fraction of sp³-hybridized carbons (Fsp3) is 0.455. The van der Waals surface area contributed by atoms with Crippen molar-refractivity contribution < 1.29 is 14.3 Å². The number of carbonyl (C=O) groups is 2. The normalized spacial score (nSPS) is 11.9. The van der Waals surface area contributed by atoms with E-state index >= 15 is 0 Å². The highest BCUT2D eigenvalue weighted by Crippen LogP contribution is 2.16. The van der Waals surface area contributed by atoms with E-state index in [1.165, 1.54) is 11.3 Å². The van der Waals surface area contributed by atoms with Crippen LogP contribution in [-0.4, -0.2) is 38.6 Å². The van der Waals surface area contributed by atoms with Crippen LogP contribution in [0.15, 0.2) is 17.5 Å². The number of hydrogen-bond acceptors (Lipinski definition) is 5. The molecule has 100 valence electrons. The van der Waals surface area contributed by atoms with Gasteiger partial charge in [-0.3, -0.25) is 9.59 Å². The fourth-order valence-electron chi connectivity index (χ4n) is 1.23. The Kier molecular flexibility index (Phi) is 6.34. The molecule has 0 radical (unpaired) electrons. The summed E-state index contributed by atoms with van der Waals surface area (Å²) in [5.74, 6) is -0.627. The van der Waals surface area contributed by atoms with Crippen molar-refractivity contribution in [3.05, 3.63) is 22.4 Å². The Bertz CT molecular complexity index is 381. The average Bonchev–Trinajstić information content (AvgIpc) is 2.89. The fourth-order valence-corrected chi connectivity index (χ4v) is 1.95. The lowest BCUT2D eigenvalue weighted by Gasteiger charge is -2.10. The molecule has 0 fully saturated rings. The molecule has 18 heavy (non-hydrogen) atoms. The topological polar surface area (TPSA) is 93.5 Å². The summed E-state index contributed by atoms with van der Waals surface area (Å²) in [6.07, 6.45) is 0. The lowest BCUT2D eigenvalue weighted by atomic mass is 10.2. The smallest absolute Gasteiger partial charge is 0.242 e. The largest absolute Gasteiger partial charge is 0.383 e. The first-order chi connectivity index (χ1) is 8.65. The minimum Gasteiger partial charge on any atom is -0.383 e. The minimum atomic E-state index is -0.725. The Morgan fingerprint density at radius 3 is 2.89 bits per heavy atom. The molecule has 4 N–H and O–H groups in total. The Balaban J connectivity index is 2.26. The molecule has 0 aliphatic carbocycles. The van der Waals surface area contributed by atoms with Crippen LogP contribution in [0.4, 0.5) is 0 Å². The van der Waals surface area contributed by atoms with Crippen molar-refractivity contribution in [1.29, 1.82) is 0 Å². The van der Waals surface area contributed by atoms with Gasteiger partial charge in [-0.05, 0) is 11.4 Å². The highest BCUT2D eigenvalue weighted by atomic mass is 32.1. The summed E-state index contributed by atoms with van der Waals surface area (Å²) in [6.45, 7) is 0.776. The number of nitrogens with two attached hydrogens (primary N) is 1. The number of carbonyl (C=O) groups excluding carboxylic acids is 2. The highest BCUT2D eigenvalue weighted by molar-refractivity contribution is 7.10. The van der Waals surface area contributed by atoms with E-state index in [-0.39, 0.29) is 18.4 Å². The molecule has 7 heteroatoms. The van der Waals surface area contributed by atoms with Gasteiger partial charge in [0, 0.05) is 18.5 Å². The number of hydrogen-bond donors (Lipinski definition) is 3. The Morgan fingerprint density at radius 2 is 2.28 bits per heavy atom. The second-order valence-electron chi connectivity index (χ2n) is 3.55. The molecule has 0 spiro atoms. The van der Waals surface area contributed by atoms with Crippen LogP contribution in [0.1, 0.15) is 10.9 Å². The van der Waals surface area contributed by atoms with Gasteiger partial charge in [0.2, 0.25) is 11.8 Å². The molecule has 1 aromatic rings. The highest BCUT2D eigenvalue weighted by Gasteiger charge is 2.16. The van der Waals surface area contributed by atoms with Gasteiger partial charge in [0.05, 0.1) is 13.2 Å². The maximum absolute atomic E-state index is 11.6. The molecule has 1 heterocycles. The molecule has 0 aliphatic rings. The van der Waals surface area contributed by atoms with E-state index in [1.54, 1.807) is 13.2 Å². The van der Waals surface area contributed by atoms with Gasteiger partial charge in [0.1, 0.15) is 6.04 Å². The number of nitrogens with one attached hydrogen (secondary N) is 2. The van der Waals surface area contributed by atoms with Crippen molar-refractivity contribution in [2.45, 2.75) is 6.04 Å². The Labute approximate surface area is 110 Å². The lowest BCUT2D eigenvalue weighted by Crippen LogP contribution is -2.41. The summed E-state index contributed by atoms with van der Waals surface area (Å²) < 4.78 is 4.78. The Hall–Kier alpha value is -1.44. The van der Waals surface area contributed by atoms with E-state index in [9.17, 15) is 9.59 Å². The first kappa shape index (κ1) is 14.6. The maximum atomic E-state index is 11.6. The molecule has 0 aromatic carbocycles. The number of ether oxygens (including phenoxy) is 1. The third-order valence-electron chi connectivity index (χ3n) is 2.18. The van der Waals surface area contributed by atoms with Gasteiger partial charge >= 0.3 is 0 Å². The van der Waals surface area contributed by atoms with Crippen molar-refractivity contribution in [3.63, 3.8) is 0 Å².